The first kappa shape index (κ1) is 18.1. The van der Waals surface area contributed by atoms with Gasteiger partial charge in [0.05, 0.1) is 21.8 Å². The quantitative estimate of drug-likeness (QED) is 0.553. The van der Waals surface area contributed by atoms with Crippen molar-refractivity contribution in [2.75, 3.05) is 6.54 Å². The van der Waals surface area contributed by atoms with E-state index in [2.05, 4.69) is 10.3 Å². The molecule has 1 heterocycles. The standard InChI is InChI=1S/C19H18FN3O2S/c1-3-21-17(24)12(2)26-19-22-16-7-5-4-6-15(16)18(25)23(19)14-10-8-13(20)9-11-14/h4-12H,3H2,1-2H3,(H,21,24)/t12-/m0/s1. The number of thioether (sulfide) groups is 1. The van der Waals surface area contributed by atoms with Gasteiger partial charge < -0.3 is 5.32 Å². The zero-order chi connectivity index (χ0) is 18.7. The van der Waals surface area contributed by atoms with E-state index in [0.29, 0.717) is 28.3 Å². The summed E-state index contributed by atoms with van der Waals surface area (Å²) >= 11 is 1.19. The molecule has 1 amide bonds. The topological polar surface area (TPSA) is 64.0 Å². The van der Waals surface area contributed by atoms with Gasteiger partial charge in [-0.05, 0) is 50.2 Å². The number of aromatic nitrogens is 2. The summed E-state index contributed by atoms with van der Waals surface area (Å²) in [4.78, 5) is 29.7. The van der Waals surface area contributed by atoms with E-state index >= 15 is 0 Å². The minimum absolute atomic E-state index is 0.134. The van der Waals surface area contributed by atoms with Gasteiger partial charge in [0.1, 0.15) is 5.82 Å². The smallest absolute Gasteiger partial charge is 0.266 e. The second kappa shape index (κ2) is 7.70. The number of rotatable bonds is 5. The van der Waals surface area contributed by atoms with Crippen molar-refractivity contribution in [3.8, 4) is 5.69 Å². The van der Waals surface area contributed by atoms with E-state index in [1.807, 2.05) is 6.92 Å². The number of nitrogens with zero attached hydrogens (tertiary/aromatic N) is 2. The molecule has 0 aliphatic rings. The number of halogens is 1. The fourth-order valence-electron chi connectivity index (χ4n) is 2.54. The van der Waals surface area contributed by atoms with Gasteiger partial charge in [-0.3, -0.25) is 14.2 Å². The maximum absolute atomic E-state index is 13.3. The lowest BCUT2D eigenvalue weighted by Gasteiger charge is -2.16. The van der Waals surface area contributed by atoms with Crippen LogP contribution in [0.4, 0.5) is 4.39 Å². The van der Waals surface area contributed by atoms with Crippen molar-refractivity contribution in [2.45, 2.75) is 24.3 Å². The van der Waals surface area contributed by atoms with Crippen LogP contribution in [-0.2, 0) is 4.79 Å². The average molecular weight is 371 g/mol. The molecular formula is C19H18FN3O2S. The molecule has 0 fully saturated rings. The lowest BCUT2D eigenvalue weighted by atomic mass is 10.2. The number of fused-ring (bicyclic) bond motifs is 1. The summed E-state index contributed by atoms with van der Waals surface area (Å²) in [6, 6.07) is 12.7. The van der Waals surface area contributed by atoms with Crippen LogP contribution in [0.1, 0.15) is 13.8 Å². The molecule has 0 radical (unpaired) electrons. The third kappa shape index (κ3) is 3.62. The molecule has 7 heteroatoms. The van der Waals surface area contributed by atoms with Crippen LogP contribution in [0, 0.1) is 5.82 Å². The Kier molecular flexibility index (Phi) is 5.37. The first-order valence-electron chi connectivity index (χ1n) is 8.23. The molecule has 0 unspecified atom stereocenters. The Hall–Kier alpha value is -2.67. The van der Waals surface area contributed by atoms with E-state index in [0.717, 1.165) is 0 Å². The van der Waals surface area contributed by atoms with Crippen LogP contribution in [0.5, 0.6) is 0 Å². The van der Waals surface area contributed by atoms with Gasteiger partial charge in [0, 0.05) is 6.54 Å². The Bertz CT molecular complexity index is 1000. The van der Waals surface area contributed by atoms with Gasteiger partial charge in [-0.1, -0.05) is 23.9 Å². The molecule has 0 spiro atoms. The number of amides is 1. The van der Waals surface area contributed by atoms with Crippen LogP contribution in [0.25, 0.3) is 16.6 Å². The summed E-state index contributed by atoms with van der Waals surface area (Å²) in [6.45, 7) is 4.13. The minimum atomic E-state index is -0.435. The normalized spacial score (nSPS) is 12.1. The molecular weight excluding hydrogens is 353 g/mol. The van der Waals surface area contributed by atoms with Gasteiger partial charge in [0.25, 0.3) is 5.56 Å². The third-order valence-electron chi connectivity index (χ3n) is 3.83. The molecule has 0 aliphatic carbocycles. The highest BCUT2D eigenvalue weighted by Gasteiger charge is 2.19. The molecule has 2 aromatic carbocycles. The maximum atomic E-state index is 13.3. The largest absolute Gasteiger partial charge is 0.355 e. The van der Waals surface area contributed by atoms with E-state index in [4.69, 9.17) is 0 Å². The van der Waals surface area contributed by atoms with E-state index in [9.17, 15) is 14.0 Å². The molecule has 0 bridgehead atoms. The second-order valence-electron chi connectivity index (χ2n) is 5.68. The summed E-state index contributed by atoms with van der Waals surface area (Å²) in [7, 11) is 0. The number of hydrogen-bond acceptors (Lipinski definition) is 4. The minimum Gasteiger partial charge on any atom is -0.355 e. The molecule has 0 saturated heterocycles. The van der Waals surface area contributed by atoms with Crippen molar-refractivity contribution in [3.63, 3.8) is 0 Å². The average Bonchev–Trinajstić information content (AvgIpc) is 2.63. The summed E-state index contributed by atoms with van der Waals surface area (Å²) in [6.07, 6.45) is 0. The second-order valence-corrected chi connectivity index (χ2v) is 6.99. The number of nitrogens with one attached hydrogen (secondary N) is 1. The molecule has 1 atom stereocenters. The Balaban J connectivity index is 2.16. The maximum Gasteiger partial charge on any atom is 0.266 e. The van der Waals surface area contributed by atoms with Gasteiger partial charge in [0.2, 0.25) is 5.91 Å². The van der Waals surface area contributed by atoms with Crippen LogP contribution in [0.15, 0.2) is 58.5 Å². The van der Waals surface area contributed by atoms with Crippen LogP contribution >= 0.6 is 11.8 Å². The van der Waals surface area contributed by atoms with Gasteiger partial charge in [0.15, 0.2) is 5.16 Å². The number of carbonyl (C=O) groups is 1. The van der Waals surface area contributed by atoms with Gasteiger partial charge in [-0.15, -0.1) is 0 Å². The summed E-state index contributed by atoms with van der Waals surface area (Å²) in [5.41, 5.74) is 0.800. The molecule has 0 saturated carbocycles. The Morgan fingerprint density at radius 1 is 1.23 bits per heavy atom. The van der Waals surface area contributed by atoms with Crippen molar-refractivity contribution >= 4 is 28.6 Å². The SMILES string of the molecule is CCNC(=O)[C@H](C)Sc1nc2ccccc2c(=O)n1-c1ccc(F)cc1. The van der Waals surface area contributed by atoms with Gasteiger partial charge in [-0.25, -0.2) is 9.37 Å². The zero-order valence-electron chi connectivity index (χ0n) is 14.4. The number of hydrogen-bond donors (Lipinski definition) is 1. The first-order valence-corrected chi connectivity index (χ1v) is 9.11. The predicted molar refractivity (Wildman–Crippen MR) is 101 cm³/mol. The van der Waals surface area contributed by atoms with Crippen molar-refractivity contribution in [3.05, 3.63) is 64.7 Å². The molecule has 5 nitrogen and oxygen atoms in total. The Labute approximate surface area is 154 Å². The molecule has 26 heavy (non-hydrogen) atoms. The van der Waals surface area contributed by atoms with E-state index < -0.39 is 5.25 Å². The highest BCUT2D eigenvalue weighted by atomic mass is 32.2. The lowest BCUT2D eigenvalue weighted by molar-refractivity contribution is -0.120. The number of benzene rings is 2. The van der Waals surface area contributed by atoms with Crippen LogP contribution in [0.3, 0.4) is 0 Å². The van der Waals surface area contributed by atoms with Crippen LogP contribution in [-0.4, -0.2) is 27.3 Å². The molecule has 1 aromatic heterocycles. The van der Waals surface area contributed by atoms with E-state index in [-0.39, 0.29) is 17.3 Å². The number of carbonyl (C=O) groups excluding carboxylic acids is 1. The summed E-state index contributed by atoms with van der Waals surface area (Å²) < 4.78 is 14.7. The predicted octanol–water partition coefficient (Wildman–Crippen LogP) is 3.14. The third-order valence-corrected chi connectivity index (χ3v) is 4.88. The lowest BCUT2D eigenvalue weighted by Crippen LogP contribution is -2.31. The van der Waals surface area contributed by atoms with Crippen molar-refractivity contribution in [2.24, 2.45) is 0 Å². The first-order chi connectivity index (χ1) is 12.5. The van der Waals surface area contributed by atoms with Crippen LogP contribution in [0.2, 0.25) is 0 Å². The zero-order valence-corrected chi connectivity index (χ0v) is 15.2. The molecule has 3 rings (SSSR count). The van der Waals surface area contributed by atoms with E-state index in [1.165, 1.54) is 40.6 Å². The fourth-order valence-corrected chi connectivity index (χ4v) is 3.49. The van der Waals surface area contributed by atoms with E-state index in [1.54, 1.807) is 31.2 Å². The molecule has 1 N–H and O–H groups in total. The molecule has 3 aromatic rings. The monoisotopic (exact) mass is 371 g/mol. The van der Waals surface area contributed by atoms with Crippen molar-refractivity contribution in [1.29, 1.82) is 0 Å². The summed E-state index contributed by atoms with van der Waals surface area (Å²) in [5.74, 6) is -0.522. The van der Waals surface area contributed by atoms with Gasteiger partial charge in [-0.2, -0.15) is 0 Å². The fraction of sp³-hybridized carbons (Fsp3) is 0.211. The highest BCUT2D eigenvalue weighted by molar-refractivity contribution is 8.00. The number of para-hydroxylation sites is 1. The summed E-state index contributed by atoms with van der Waals surface area (Å²) in [5, 5.41) is 3.18. The Morgan fingerprint density at radius 2 is 1.92 bits per heavy atom. The van der Waals surface area contributed by atoms with Crippen molar-refractivity contribution < 1.29 is 9.18 Å². The highest BCUT2D eigenvalue weighted by Crippen LogP contribution is 2.25. The van der Waals surface area contributed by atoms with Gasteiger partial charge >= 0.3 is 0 Å². The Morgan fingerprint density at radius 3 is 2.62 bits per heavy atom. The van der Waals surface area contributed by atoms with Crippen molar-refractivity contribution in [1.82, 2.24) is 14.9 Å². The molecule has 134 valence electrons. The van der Waals surface area contributed by atoms with Crippen LogP contribution < -0.4 is 10.9 Å². The molecule has 0 aliphatic heterocycles.